The summed E-state index contributed by atoms with van der Waals surface area (Å²) in [5.41, 5.74) is 0.124. The van der Waals surface area contributed by atoms with E-state index in [0.29, 0.717) is 12.4 Å². The van der Waals surface area contributed by atoms with Crippen molar-refractivity contribution in [3.05, 3.63) is 17.0 Å². The molecule has 0 saturated carbocycles. The first-order valence-corrected chi connectivity index (χ1v) is 7.43. The van der Waals surface area contributed by atoms with Crippen molar-refractivity contribution in [3.63, 3.8) is 0 Å². The summed E-state index contributed by atoms with van der Waals surface area (Å²) < 4.78 is 0. The number of urea groups is 1. The van der Waals surface area contributed by atoms with E-state index in [1.54, 1.807) is 30.1 Å². The van der Waals surface area contributed by atoms with Crippen molar-refractivity contribution in [3.8, 4) is 6.07 Å². The van der Waals surface area contributed by atoms with Gasteiger partial charge in [0, 0.05) is 34.2 Å². The monoisotopic (exact) mass is 322 g/mol. The van der Waals surface area contributed by atoms with Crippen LogP contribution in [-0.4, -0.2) is 66.1 Å². The molecule has 1 aromatic rings. The van der Waals surface area contributed by atoms with Gasteiger partial charge in [-0.15, -0.1) is 0 Å². The molecule has 0 N–H and O–H groups in total. The Morgan fingerprint density at radius 3 is 2.82 bits per heavy atom. The van der Waals surface area contributed by atoms with Gasteiger partial charge in [-0.2, -0.15) is 5.26 Å². The van der Waals surface area contributed by atoms with Gasteiger partial charge in [0.05, 0.1) is 12.2 Å². The molecular weight excluding hydrogens is 304 g/mol. The third-order valence-electron chi connectivity index (χ3n) is 3.78. The molecule has 8 heteroatoms. The molecule has 1 aromatic heterocycles. The topological polar surface area (TPSA) is 76.4 Å². The maximum absolute atomic E-state index is 12.1. The maximum atomic E-state index is 12.1. The number of carbonyl (C=O) groups is 1. The number of aromatic nitrogens is 2. The summed E-state index contributed by atoms with van der Waals surface area (Å²) in [7, 11) is 5.30. The Bertz CT molecular complexity index is 599. The molecule has 0 spiro atoms. The van der Waals surface area contributed by atoms with Crippen molar-refractivity contribution in [2.45, 2.75) is 18.9 Å². The van der Waals surface area contributed by atoms with Crippen LogP contribution in [0.2, 0.25) is 5.15 Å². The Morgan fingerprint density at radius 1 is 1.50 bits per heavy atom. The Balaban J connectivity index is 2.12. The highest BCUT2D eigenvalue weighted by Gasteiger charge is 2.27. The maximum Gasteiger partial charge on any atom is 0.319 e. The zero-order chi connectivity index (χ0) is 16.3. The van der Waals surface area contributed by atoms with Crippen LogP contribution in [0.25, 0.3) is 0 Å². The minimum atomic E-state index is -0.0178. The van der Waals surface area contributed by atoms with Gasteiger partial charge in [-0.05, 0) is 12.8 Å². The molecule has 0 bridgehead atoms. The average Bonchev–Trinajstić information content (AvgIpc) is 2.53. The van der Waals surface area contributed by atoms with Gasteiger partial charge in [0.25, 0.3) is 0 Å². The molecular formula is C14H19ClN6O. The minimum absolute atomic E-state index is 0.0178. The normalized spacial score (nSPS) is 17.8. The van der Waals surface area contributed by atoms with Crippen LogP contribution in [-0.2, 0) is 0 Å². The van der Waals surface area contributed by atoms with Gasteiger partial charge in [0.2, 0.25) is 0 Å². The first kappa shape index (κ1) is 16.3. The number of anilines is 1. The van der Waals surface area contributed by atoms with Crippen molar-refractivity contribution in [1.29, 1.82) is 5.26 Å². The van der Waals surface area contributed by atoms with E-state index in [9.17, 15) is 4.79 Å². The number of hydrogen-bond donors (Lipinski definition) is 0. The molecule has 22 heavy (non-hydrogen) atoms. The lowest BCUT2D eigenvalue weighted by Crippen LogP contribution is -2.51. The average molecular weight is 323 g/mol. The second kappa shape index (κ2) is 6.79. The third-order valence-corrected chi connectivity index (χ3v) is 4.04. The quantitative estimate of drug-likeness (QED) is 0.826. The van der Waals surface area contributed by atoms with Crippen LogP contribution in [0.5, 0.6) is 0 Å². The van der Waals surface area contributed by atoms with Crippen LogP contribution >= 0.6 is 11.6 Å². The number of rotatable bonds is 2. The lowest BCUT2D eigenvalue weighted by atomic mass is 10.0. The Hall–Kier alpha value is -2.07. The number of hydrogen-bond acceptors (Lipinski definition) is 5. The van der Waals surface area contributed by atoms with Crippen molar-refractivity contribution in [2.24, 2.45) is 0 Å². The predicted octanol–water partition coefficient (Wildman–Crippen LogP) is 1.58. The molecule has 2 heterocycles. The van der Waals surface area contributed by atoms with Crippen LogP contribution in [0.3, 0.4) is 0 Å². The molecule has 2 rings (SSSR count). The number of halogens is 1. The van der Waals surface area contributed by atoms with Gasteiger partial charge in [0.1, 0.15) is 11.9 Å². The molecule has 1 unspecified atom stereocenters. The SMILES string of the molecule is CN(C)C(=O)N(C)C1CCCN(c2cnc(C#N)c(Cl)n2)C1. The van der Waals surface area contributed by atoms with E-state index in [1.807, 2.05) is 18.0 Å². The predicted molar refractivity (Wildman–Crippen MR) is 83.8 cm³/mol. The number of nitrogens with zero attached hydrogens (tertiary/aromatic N) is 6. The summed E-state index contributed by atoms with van der Waals surface area (Å²) in [4.78, 5) is 25.7. The molecule has 0 aromatic carbocycles. The molecule has 0 radical (unpaired) electrons. The molecule has 1 saturated heterocycles. The smallest absolute Gasteiger partial charge is 0.319 e. The van der Waals surface area contributed by atoms with Crippen molar-refractivity contribution >= 4 is 23.4 Å². The standard InChI is InChI=1S/C14H19ClN6O/c1-19(2)14(22)20(3)10-5-4-6-21(9-10)12-8-17-11(7-16)13(15)18-12/h8,10H,4-6,9H2,1-3H3. The zero-order valence-corrected chi connectivity index (χ0v) is 13.7. The summed E-state index contributed by atoms with van der Waals surface area (Å²) in [5.74, 6) is 0.638. The van der Waals surface area contributed by atoms with Gasteiger partial charge in [-0.1, -0.05) is 11.6 Å². The molecule has 1 fully saturated rings. The molecule has 0 aliphatic carbocycles. The number of amides is 2. The highest BCUT2D eigenvalue weighted by atomic mass is 35.5. The molecule has 1 aliphatic heterocycles. The van der Waals surface area contributed by atoms with Crippen LogP contribution in [0.4, 0.5) is 10.6 Å². The van der Waals surface area contributed by atoms with Gasteiger partial charge in [-0.3, -0.25) is 0 Å². The van der Waals surface area contributed by atoms with E-state index >= 15 is 0 Å². The van der Waals surface area contributed by atoms with E-state index in [0.717, 1.165) is 19.4 Å². The Morgan fingerprint density at radius 2 is 2.23 bits per heavy atom. The Labute approximate surface area is 135 Å². The number of carbonyl (C=O) groups excluding carboxylic acids is 1. The van der Waals surface area contributed by atoms with Crippen LogP contribution < -0.4 is 4.90 Å². The highest BCUT2D eigenvalue weighted by molar-refractivity contribution is 6.30. The fourth-order valence-electron chi connectivity index (χ4n) is 2.54. The summed E-state index contributed by atoms with van der Waals surface area (Å²) in [6.45, 7) is 1.50. The summed E-state index contributed by atoms with van der Waals surface area (Å²) in [5, 5.41) is 8.96. The van der Waals surface area contributed by atoms with Gasteiger partial charge < -0.3 is 14.7 Å². The van der Waals surface area contributed by atoms with Gasteiger partial charge in [0.15, 0.2) is 10.8 Å². The van der Waals surface area contributed by atoms with E-state index < -0.39 is 0 Å². The first-order chi connectivity index (χ1) is 10.4. The summed E-state index contributed by atoms with van der Waals surface area (Å²) >= 11 is 5.95. The van der Waals surface area contributed by atoms with E-state index in [2.05, 4.69) is 9.97 Å². The first-order valence-electron chi connectivity index (χ1n) is 7.05. The van der Waals surface area contributed by atoms with E-state index in [-0.39, 0.29) is 22.9 Å². The number of likely N-dealkylation sites (N-methyl/N-ethyl adjacent to an activating group) is 1. The van der Waals surface area contributed by atoms with Crippen LogP contribution in [0.15, 0.2) is 6.20 Å². The van der Waals surface area contributed by atoms with Crippen molar-refractivity contribution < 1.29 is 4.79 Å². The van der Waals surface area contributed by atoms with E-state index in [4.69, 9.17) is 16.9 Å². The highest BCUT2D eigenvalue weighted by Crippen LogP contribution is 2.22. The summed E-state index contributed by atoms with van der Waals surface area (Å²) in [6, 6.07) is 1.99. The molecule has 2 amide bonds. The van der Waals surface area contributed by atoms with Crippen molar-refractivity contribution in [1.82, 2.24) is 19.8 Å². The molecule has 118 valence electrons. The number of nitriles is 1. The van der Waals surface area contributed by atoms with Gasteiger partial charge in [-0.25, -0.2) is 14.8 Å². The second-order valence-electron chi connectivity index (χ2n) is 5.51. The van der Waals surface area contributed by atoms with Crippen LogP contribution in [0, 0.1) is 11.3 Å². The lowest BCUT2D eigenvalue weighted by molar-refractivity contribution is 0.157. The minimum Gasteiger partial charge on any atom is -0.353 e. The summed E-state index contributed by atoms with van der Waals surface area (Å²) in [6.07, 6.45) is 3.46. The second-order valence-corrected chi connectivity index (χ2v) is 5.87. The number of piperidine rings is 1. The lowest BCUT2D eigenvalue weighted by Gasteiger charge is -2.38. The largest absolute Gasteiger partial charge is 0.353 e. The Kier molecular flexibility index (Phi) is 5.03. The zero-order valence-electron chi connectivity index (χ0n) is 13.0. The fraction of sp³-hybridized carbons (Fsp3) is 0.571. The van der Waals surface area contributed by atoms with Crippen molar-refractivity contribution in [2.75, 3.05) is 39.1 Å². The third kappa shape index (κ3) is 3.39. The van der Waals surface area contributed by atoms with Crippen LogP contribution in [0.1, 0.15) is 18.5 Å². The molecule has 1 atom stereocenters. The molecule has 1 aliphatic rings. The van der Waals surface area contributed by atoms with Gasteiger partial charge >= 0.3 is 6.03 Å². The molecule has 7 nitrogen and oxygen atoms in total. The van der Waals surface area contributed by atoms with E-state index in [1.165, 1.54) is 0 Å². The fourth-order valence-corrected chi connectivity index (χ4v) is 2.71.